The van der Waals surface area contributed by atoms with E-state index in [9.17, 15) is 4.79 Å². The fourth-order valence-corrected chi connectivity index (χ4v) is 1.06. The first kappa shape index (κ1) is 10.8. The SMILES string of the molecule is [CH]CCCC(=O)OCc1ccccc1. The Morgan fingerprint density at radius 2 is 2.00 bits per heavy atom. The summed E-state index contributed by atoms with van der Waals surface area (Å²) >= 11 is 0. The van der Waals surface area contributed by atoms with Gasteiger partial charge in [0.05, 0.1) is 0 Å². The van der Waals surface area contributed by atoms with Crippen LogP contribution in [0.1, 0.15) is 24.8 Å². The van der Waals surface area contributed by atoms with E-state index < -0.39 is 0 Å². The van der Waals surface area contributed by atoms with Crippen LogP contribution in [0.5, 0.6) is 0 Å². The van der Waals surface area contributed by atoms with E-state index in [2.05, 4.69) is 0 Å². The molecule has 2 heteroatoms. The molecule has 0 saturated heterocycles. The number of hydrogen-bond donors (Lipinski definition) is 0. The second-order valence-electron chi connectivity index (χ2n) is 3.04. The van der Waals surface area contributed by atoms with Crippen LogP contribution in [0, 0.1) is 6.92 Å². The minimum absolute atomic E-state index is 0.181. The summed E-state index contributed by atoms with van der Waals surface area (Å²) in [6.45, 7) is 5.63. The Bertz CT molecular complexity index is 267. The molecule has 0 heterocycles. The van der Waals surface area contributed by atoms with Gasteiger partial charge in [-0.2, -0.15) is 0 Å². The average Bonchev–Trinajstić information content (AvgIpc) is 2.25. The molecular formula is C12H14O2. The smallest absolute Gasteiger partial charge is 0.306 e. The highest BCUT2D eigenvalue weighted by Crippen LogP contribution is 2.03. The zero-order chi connectivity index (χ0) is 10.2. The number of unbranched alkanes of at least 4 members (excludes halogenated alkanes) is 1. The molecule has 0 N–H and O–H groups in total. The maximum Gasteiger partial charge on any atom is 0.306 e. The molecule has 0 unspecified atom stereocenters. The molecule has 14 heavy (non-hydrogen) atoms. The molecule has 0 aliphatic carbocycles. The van der Waals surface area contributed by atoms with Gasteiger partial charge in [0.15, 0.2) is 0 Å². The van der Waals surface area contributed by atoms with Gasteiger partial charge in [-0.25, -0.2) is 0 Å². The van der Waals surface area contributed by atoms with Crippen molar-refractivity contribution in [2.24, 2.45) is 0 Å². The van der Waals surface area contributed by atoms with Crippen molar-refractivity contribution in [1.82, 2.24) is 0 Å². The van der Waals surface area contributed by atoms with Crippen molar-refractivity contribution in [3.63, 3.8) is 0 Å². The second-order valence-corrected chi connectivity index (χ2v) is 3.04. The van der Waals surface area contributed by atoms with Crippen LogP contribution in [0.2, 0.25) is 0 Å². The van der Waals surface area contributed by atoms with E-state index in [-0.39, 0.29) is 5.97 Å². The van der Waals surface area contributed by atoms with E-state index in [1.165, 1.54) is 0 Å². The predicted molar refractivity (Wildman–Crippen MR) is 54.4 cm³/mol. The fraction of sp³-hybridized carbons (Fsp3) is 0.333. The van der Waals surface area contributed by atoms with E-state index >= 15 is 0 Å². The lowest BCUT2D eigenvalue weighted by Crippen LogP contribution is -2.03. The minimum Gasteiger partial charge on any atom is -0.461 e. The molecule has 0 bridgehead atoms. The third kappa shape index (κ3) is 4.08. The molecule has 0 spiro atoms. The van der Waals surface area contributed by atoms with Gasteiger partial charge in [0, 0.05) is 6.42 Å². The molecule has 74 valence electrons. The van der Waals surface area contributed by atoms with Crippen molar-refractivity contribution < 1.29 is 9.53 Å². The highest BCUT2D eigenvalue weighted by Gasteiger charge is 2.01. The summed E-state index contributed by atoms with van der Waals surface area (Å²) in [5.74, 6) is -0.181. The first-order chi connectivity index (χ1) is 6.83. The van der Waals surface area contributed by atoms with Crippen LogP contribution >= 0.6 is 0 Å². The van der Waals surface area contributed by atoms with Crippen LogP contribution in [-0.4, -0.2) is 5.97 Å². The van der Waals surface area contributed by atoms with Gasteiger partial charge < -0.3 is 4.74 Å². The zero-order valence-electron chi connectivity index (χ0n) is 8.11. The highest BCUT2D eigenvalue weighted by molar-refractivity contribution is 5.69. The normalized spacial score (nSPS) is 9.79. The van der Waals surface area contributed by atoms with Crippen LogP contribution < -0.4 is 0 Å². The van der Waals surface area contributed by atoms with Gasteiger partial charge in [-0.1, -0.05) is 30.3 Å². The Morgan fingerprint density at radius 1 is 1.29 bits per heavy atom. The summed E-state index contributed by atoms with van der Waals surface area (Å²) in [4.78, 5) is 11.1. The van der Waals surface area contributed by atoms with Gasteiger partial charge in [0.25, 0.3) is 0 Å². The summed E-state index contributed by atoms with van der Waals surface area (Å²) in [5, 5.41) is 0. The standard InChI is InChI=1S/C12H14O2/c1-2-3-9-12(13)14-10-11-7-5-4-6-8-11/h1,4-8H,2-3,9-10H2. The second kappa shape index (κ2) is 6.19. The van der Waals surface area contributed by atoms with Crippen molar-refractivity contribution >= 4 is 5.97 Å². The number of rotatable bonds is 5. The first-order valence-corrected chi connectivity index (χ1v) is 4.72. The Hall–Kier alpha value is -1.31. The van der Waals surface area contributed by atoms with Crippen LogP contribution in [0.15, 0.2) is 30.3 Å². The molecule has 1 rings (SSSR count). The van der Waals surface area contributed by atoms with Crippen LogP contribution in [0.3, 0.4) is 0 Å². The largest absolute Gasteiger partial charge is 0.461 e. The maximum atomic E-state index is 11.1. The van der Waals surface area contributed by atoms with Crippen molar-refractivity contribution in [1.29, 1.82) is 0 Å². The molecule has 0 aliphatic heterocycles. The van der Waals surface area contributed by atoms with Gasteiger partial charge in [0.1, 0.15) is 6.61 Å². The van der Waals surface area contributed by atoms with Gasteiger partial charge in [0.2, 0.25) is 0 Å². The number of carbonyl (C=O) groups is 1. The molecule has 0 fully saturated rings. The summed E-state index contributed by atoms with van der Waals surface area (Å²) in [5.41, 5.74) is 1.01. The summed E-state index contributed by atoms with van der Waals surface area (Å²) in [6.07, 6.45) is 1.62. The molecule has 1 aromatic rings. The Kier molecular flexibility index (Phi) is 4.76. The summed E-state index contributed by atoms with van der Waals surface area (Å²) in [7, 11) is 0. The Balaban J connectivity index is 2.24. The molecule has 0 amide bonds. The molecule has 0 saturated carbocycles. The van der Waals surface area contributed by atoms with E-state index in [0.717, 1.165) is 5.56 Å². The summed E-state index contributed by atoms with van der Waals surface area (Å²) in [6, 6.07) is 9.62. The number of esters is 1. The number of ether oxygens (including phenoxy) is 1. The van der Waals surface area contributed by atoms with E-state index in [1.807, 2.05) is 30.3 Å². The van der Waals surface area contributed by atoms with Crippen molar-refractivity contribution in [2.45, 2.75) is 25.9 Å². The third-order valence-corrected chi connectivity index (χ3v) is 1.83. The molecule has 0 aliphatic rings. The molecule has 2 radical (unpaired) electrons. The van der Waals surface area contributed by atoms with E-state index in [4.69, 9.17) is 11.7 Å². The lowest BCUT2D eigenvalue weighted by Gasteiger charge is -2.03. The third-order valence-electron chi connectivity index (χ3n) is 1.83. The zero-order valence-corrected chi connectivity index (χ0v) is 8.11. The van der Waals surface area contributed by atoms with Crippen molar-refractivity contribution in [3.8, 4) is 0 Å². The Morgan fingerprint density at radius 3 is 2.64 bits per heavy atom. The summed E-state index contributed by atoms with van der Waals surface area (Å²) < 4.78 is 5.04. The number of hydrogen-bond acceptors (Lipinski definition) is 2. The predicted octanol–water partition coefficient (Wildman–Crippen LogP) is 2.61. The molecule has 0 aromatic heterocycles. The molecule has 2 nitrogen and oxygen atoms in total. The fourth-order valence-electron chi connectivity index (χ4n) is 1.06. The quantitative estimate of drug-likeness (QED) is 0.667. The van der Waals surface area contributed by atoms with Crippen LogP contribution in [0.4, 0.5) is 0 Å². The number of carbonyl (C=O) groups excluding carboxylic acids is 1. The van der Waals surface area contributed by atoms with Crippen molar-refractivity contribution in [2.75, 3.05) is 0 Å². The van der Waals surface area contributed by atoms with Gasteiger partial charge >= 0.3 is 5.97 Å². The van der Waals surface area contributed by atoms with Crippen LogP contribution in [-0.2, 0) is 16.1 Å². The lowest BCUT2D eigenvalue weighted by atomic mass is 10.2. The van der Waals surface area contributed by atoms with E-state index in [1.54, 1.807) is 0 Å². The lowest BCUT2D eigenvalue weighted by molar-refractivity contribution is -0.145. The van der Waals surface area contributed by atoms with Gasteiger partial charge in [-0.15, -0.1) is 0 Å². The molecule has 1 aromatic carbocycles. The molecule has 0 atom stereocenters. The maximum absolute atomic E-state index is 11.1. The minimum atomic E-state index is -0.181. The topological polar surface area (TPSA) is 26.3 Å². The first-order valence-electron chi connectivity index (χ1n) is 4.72. The van der Waals surface area contributed by atoms with E-state index in [0.29, 0.717) is 25.9 Å². The van der Waals surface area contributed by atoms with Crippen molar-refractivity contribution in [3.05, 3.63) is 42.8 Å². The number of benzene rings is 1. The van der Waals surface area contributed by atoms with Gasteiger partial charge in [-0.3, -0.25) is 4.79 Å². The monoisotopic (exact) mass is 190 g/mol. The Labute approximate surface area is 84.9 Å². The average molecular weight is 190 g/mol. The van der Waals surface area contributed by atoms with Gasteiger partial charge in [-0.05, 0) is 25.3 Å². The molecular weight excluding hydrogens is 176 g/mol. The highest BCUT2D eigenvalue weighted by atomic mass is 16.5. The van der Waals surface area contributed by atoms with Crippen LogP contribution in [0.25, 0.3) is 0 Å².